The van der Waals surface area contributed by atoms with Crippen molar-refractivity contribution in [3.63, 3.8) is 0 Å². The van der Waals surface area contributed by atoms with Gasteiger partial charge in [0.1, 0.15) is 11.5 Å². The van der Waals surface area contributed by atoms with Crippen LogP contribution >= 0.6 is 0 Å². The van der Waals surface area contributed by atoms with Crippen LogP contribution in [-0.4, -0.2) is 10.8 Å². The Balaban J connectivity index is 2.34. The van der Waals surface area contributed by atoms with Gasteiger partial charge in [-0.15, -0.1) is 0 Å². The van der Waals surface area contributed by atoms with Crippen LogP contribution in [0.25, 0.3) is 0 Å². The third-order valence-electron chi connectivity index (χ3n) is 2.44. The Kier molecular flexibility index (Phi) is 3.33. The van der Waals surface area contributed by atoms with E-state index < -0.39 is 23.3 Å². The fourth-order valence-corrected chi connectivity index (χ4v) is 1.48. The molecule has 0 saturated heterocycles. The molecule has 0 spiro atoms. The number of ketones is 1. The molecule has 0 N–H and O–H groups in total. The summed E-state index contributed by atoms with van der Waals surface area (Å²) in [5.74, 6) is -1.50. The second-order valence-corrected chi connectivity index (χ2v) is 3.74. The molecular weight excluding hydrogens is 262 g/mol. The van der Waals surface area contributed by atoms with Crippen LogP contribution in [0.4, 0.5) is 17.6 Å². The Bertz CT molecular complexity index is 605. The predicted octanol–water partition coefficient (Wildman–Crippen LogP) is 3.47. The molecule has 0 fully saturated rings. The normalized spacial score (nSPS) is 11.4. The summed E-state index contributed by atoms with van der Waals surface area (Å²) in [6, 6.07) is 6.87. The first-order valence-electron chi connectivity index (χ1n) is 5.22. The Morgan fingerprint density at radius 2 is 1.74 bits per heavy atom. The molecule has 0 amide bonds. The molecule has 0 aliphatic rings. The van der Waals surface area contributed by atoms with Crippen molar-refractivity contribution in [1.82, 2.24) is 4.98 Å². The summed E-state index contributed by atoms with van der Waals surface area (Å²) in [4.78, 5) is 15.3. The lowest BCUT2D eigenvalue weighted by atomic mass is 10.1. The van der Waals surface area contributed by atoms with Gasteiger partial charge in [0.25, 0.3) is 0 Å². The van der Waals surface area contributed by atoms with Gasteiger partial charge in [0.2, 0.25) is 5.78 Å². The number of rotatable bonds is 2. The fourth-order valence-electron chi connectivity index (χ4n) is 1.48. The Hall–Kier alpha value is -2.24. The summed E-state index contributed by atoms with van der Waals surface area (Å²) in [5, 5.41) is 0. The first-order valence-corrected chi connectivity index (χ1v) is 5.22. The molecule has 0 unspecified atom stereocenters. The van der Waals surface area contributed by atoms with Gasteiger partial charge in [-0.25, -0.2) is 4.39 Å². The Morgan fingerprint density at radius 1 is 1.05 bits per heavy atom. The van der Waals surface area contributed by atoms with Crippen LogP contribution in [0.15, 0.2) is 42.6 Å². The number of hydrogen-bond donors (Lipinski definition) is 0. The van der Waals surface area contributed by atoms with E-state index in [-0.39, 0.29) is 11.3 Å². The molecule has 6 heteroatoms. The third kappa shape index (κ3) is 2.78. The fraction of sp³-hybridized carbons (Fsp3) is 0.0769. The molecule has 19 heavy (non-hydrogen) atoms. The van der Waals surface area contributed by atoms with E-state index in [0.717, 1.165) is 18.2 Å². The number of benzene rings is 1. The molecule has 2 aromatic rings. The second-order valence-electron chi connectivity index (χ2n) is 3.74. The lowest BCUT2D eigenvalue weighted by Crippen LogP contribution is -2.10. The van der Waals surface area contributed by atoms with E-state index in [1.165, 1.54) is 18.2 Å². The third-order valence-corrected chi connectivity index (χ3v) is 2.44. The van der Waals surface area contributed by atoms with Crippen molar-refractivity contribution in [2.75, 3.05) is 0 Å². The maximum atomic E-state index is 13.4. The van der Waals surface area contributed by atoms with Crippen molar-refractivity contribution in [2.45, 2.75) is 6.18 Å². The number of carbonyl (C=O) groups excluding carboxylic acids is 1. The topological polar surface area (TPSA) is 30.0 Å². The highest BCUT2D eigenvalue weighted by atomic mass is 19.4. The van der Waals surface area contributed by atoms with Crippen molar-refractivity contribution in [3.8, 4) is 0 Å². The summed E-state index contributed by atoms with van der Waals surface area (Å²) in [7, 11) is 0. The van der Waals surface area contributed by atoms with Gasteiger partial charge in [0.15, 0.2) is 0 Å². The minimum atomic E-state index is -4.52. The number of hydrogen-bond acceptors (Lipinski definition) is 2. The van der Waals surface area contributed by atoms with Gasteiger partial charge in [0, 0.05) is 6.20 Å². The van der Waals surface area contributed by atoms with E-state index in [9.17, 15) is 22.4 Å². The smallest absolute Gasteiger partial charge is 0.287 e. The summed E-state index contributed by atoms with van der Waals surface area (Å²) in [6.45, 7) is 0. The molecule has 1 aromatic heterocycles. The molecule has 0 aliphatic heterocycles. The molecular formula is C13H7F4NO. The summed E-state index contributed by atoms with van der Waals surface area (Å²) in [5.41, 5.74) is -1.43. The Labute approximate surface area is 105 Å². The van der Waals surface area contributed by atoms with Crippen LogP contribution in [0.2, 0.25) is 0 Å². The van der Waals surface area contributed by atoms with Gasteiger partial charge in [0.05, 0.1) is 11.1 Å². The zero-order valence-corrected chi connectivity index (χ0v) is 9.41. The van der Waals surface area contributed by atoms with Gasteiger partial charge in [-0.3, -0.25) is 9.78 Å². The van der Waals surface area contributed by atoms with Gasteiger partial charge in [-0.2, -0.15) is 13.2 Å². The molecule has 0 aliphatic carbocycles. The van der Waals surface area contributed by atoms with E-state index in [1.807, 2.05) is 0 Å². The molecule has 98 valence electrons. The maximum absolute atomic E-state index is 13.4. The number of alkyl halides is 3. The van der Waals surface area contributed by atoms with Gasteiger partial charge >= 0.3 is 6.18 Å². The van der Waals surface area contributed by atoms with E-state index in [4.69, 9.17) is 0 Å². The summed E-state index contributed by atoms with van der Waals surface area (Å²) >= 11 is 0. The SMILES string of the molecule is O=C(c1ccc(C(F)(F)F)cn1)c1ccccc1F. The molecule has 0 bridgehead atoms. The molecule has 2 nitrogen and oxygen atoms in total. The van der Waals surface area contributed by atoms with Crippen LogP contribution in [0.3, 0.4) is 0 Å². The molecule has 0 radical (unpaired) electrons. The van der Waals surface area contributed by atoms with Crippen molar-refractivity contribution >= 4 is 5.78 Å². The van der Waals surface area contributed by atoms with Crippen LogP contribution < -0.4 is 0 Å². The number of nitrogens with zero attached hydrogens (tertiary/aromatic N) is 1. The van der Waals surface area contributed by atoms with Crippen LogP contribution in [-0.2, 0) is 6.18 Å². The maximum Gasteiger partial charge on any atom is 0.417 e. The molecule has 0 saturated carbocycles. The summed E-state index contributed by atoms with van der Waals surface area (Å²) < 4.78 is 50.3. The number of aromatic nitrogens is 1. The minimum absolute atomic E-state index is 0.227. The van der Waals surface area contributed by atoms with Gasteiger partial charge in [-0.1, -0.05) is 12.1 Å². The van der Waals surface area contributed by atoms with Crippen LogP contribution in [0.1, 0.15) is 21.6 Å². The van der Waals surface area contributed by atoms with E-state index in [2.05, 4.69) is 4.98 Å². The molecule has 0 atom stereocenters. The first-order chi connectivity index (χ1) is 8.89. The monoisotopic (exact) mass is 269 g/mol. The lowest BCUT2D eigenvalue weighted by molar-refractivity contribution is -0.137. The van der Waals surface area contributed by atoms with Crippen LogP contribution in [0, 0.1) is 5.82 Å². The quantitative estimate of drug-likeness (QED) is 0.617. The molecule has 2 rings (SSSR count). The van der Waals surface area contributed by atoms with Crippen LogP contribution in [0.5, 0.6) is 0 Å². The average molecular weight is 269 g/mol. The van der Waals surface area contributed by atoms with Crippen molar-refractivity contribution in [1.29, 1.82) is 0 Å². The van der Waals surface area contributed by atoms with E-state index in [1.54, 1.807) is 0 Å². The minimum Gasteiger partial charge on any atom is -0.287 e. The highest BCUT2D eigenvalue weighted by molar-refractivity contribution is 6.07. The van der Waals surface area contributed by atoms with Crippen molar-refractivity contribution in [3.05, 3.63) is 65.2 Å². The number of pyridine rings is 1. The zero-order valence-electron chi connectivity index (χ0n) is 9.41. The van der Waals surface area contributed by atoms with Gasteiger partial charge in [-0.05, 0) is 24.3 Å². The Morgan fingerprint density at radius 3 is 2.26 bits per heavy atom. The number of halogens is 4. The predicted molar refractivity (Wildman–Crippen MR) is 59.1 cm³/mol. The van der Waals surface area contributed by atoms with E-state index in [0.29, 0.717) is 6.20 Å². The molecule has 1 heterocycles. The zero-order chi connectivity index (χ0) is 14.0. The van der Waals surface area contributed by atoms with Crippen molar-refractivity contribution < 1.29 is 22.4 Å². The van der Waals surface area contributed by atoms with Crippen molar-refractivity contribution in [2.24, 2.45) is 0 Å². The highest BCUT2D eigenvalue weighted by Gasteiger charge is 2.31. The lowest BCUT2D eigenvalue weighted by Gasteiger charge is -2.06. The standard InChI is InChI=1S/C13H7F4NO/c14-10-4-2-1-3-9(10)12(19)11-6-5-8(7-18-11)13(15,16)17/h1-7H. The van der Waals surface area contributed by atoms with E-state index >= 15 is 0 Å². The second kappa shape index (κ2) is 4.79. The highest BCUT2D eigenvalue weighted by Crippen LogP contribution is 2.28. The molecule has 1 aromatic carbocycles. The number of carbonyl (C=O) groups is 1. The summed E-state index contributed by atoms with van der Waals surface area (Å²) in [6.07, 6.45) is -3.97. The van der Waals surface area contributed by atoms with Gasteiger partial charge < -0.3 is 0 Å². The first kappa shape index (κ1) is 13.2. The largest absolute Gasteiger partial charge is 0.417 e. The average Bonchev–Trinajstić information content (AvgIpc) is 2.38.